The van der Waals surface area contributed by atoms with E-state index in [0.717, 1.165) is 99.5 Å². The minimum atomic E-state index is 0.806. The van der Waals surface area contributed by atoms with Crippen LogP contribution in [0.4, 0.5) is 34.1 Å². The van der Waals surface area contributed by atoms with Crippen LogP contribution in [-0.4, -0.2) is 0 Å². The van der Waals surface area contributed by atoms with Gasteiger partial charge >= 0.3 is 0 Å². The molecule has 4 heteroatoms. The number of hydrogen-bond donors (Lipinski definition) is 0. The topological polar surface area (TPSA) is 32.8 Å². The van der Waals surface area contributed by atoms with Crippen molar-refractivity contribution in [3.8, 4) is 0 Å². The van der Waals surface area contributed by atoms with E-state index < -0.39 is 0 Å². The Balaban J connectivity index is 0.822. The van der Waals surface area contributed by atoms with Gasteiger partial charge in [0.15, 0.2) is 0 Å². The quantitative estimate of drug-likeness (QED) is 0.156. The molecule has 326 valence electrons. The van der Waals surface area contributed by atoms with Crippen molar-refractivity contribution in [2.24, 2.45) is 0 Å². The van der Waals surface area contributed by atoms with Gasteiger partial charge in [0.05, 0.1) is 0 Å². The van der Waals surface area contributed by atoms with Crippen LogP contribution in [0, 0.1) is 0 Å². The van der Waals surface area contributed by atoms with Crippen LogP contribution in [-0.2, 0) is 0 Å². The van der Waals surface area contributed by atoms with E-state index in [1.807, 2.05) is 0 Å². The van der Waals surface area contributed by atoms with Crippen molar-refractivity contribution in [2.45, 2.75) is 0 Å². The van der Waals surface area contributed by atoms with Gasteiger partial charge in [-0.2, -0.15) is 0 Å². The molecule has 0 amide bonds. The van der Waals surface area contributed by atoms with Gasteiger partial charge in [0.2, 0.25) is 0 Å². The average Bonchev–Trinajstić information content (AvgIpc) is 3.98. The van der Waals surface area contributed by atoms with E-state index in [1.165, 1.54) is 43.1 Å². The summed E-state index contributed by atoms with van der Waals surface area (Å²) in [5.74, 6) is 0. The van der Waals surface area contributed by atoms with Crippen molar-refractivity contribution >= 4 is 143 Å². The first-order valence-electron chi connectivity index (χ1n) is 23.9. The fourth-order valence-corrected chi connectivity index (χ4v) is 11.2. The molecule has 2 aromatic heterocycles. The molecule has 0 fully saturated rings. The van der Waals surface area contributed by atoms with Gasteiger partial charge in [0.1, 0.15) is 22.3 Å². The van der Waals surface area contributed by atoms with E-state index in [0.29, 0.717) is 0 Å². The highest BCUT2D eigenvalue weighted by Crippen LogP contribution is 2.45. The Hall–Kier alpha value is -9.38. The first kappa shape index (κ1) is 38.7. The third-order valence-electron chi connectivity index (χ3n) is 14.5. The second-order valence-electron chi connectivity index (χ2n) is 18.5. The smallest absolute Gasteiger partial charge is 0.143 e. The van der Waals surface area contributed by atoms with E-state index in [-0.39, 0.29) is 0 Å². The summed E-state index contributed by atoms with van der Waals surface area (Å²) in [6, 6.07) is 87.5. The molecule has 0 saturated heterocycles. The lowest BCUT2D eigenvalue weighted by Crippen LogP contribution is -2.09. The summed E-state index contributed by atoms with van der Waals surface area (Å²) >= 11 is 0. The SMILES string of the molecule is c1ccc(N(c2ccc3c(ccc4c5cc6c(cc5oc34)oc3c4ccc(N(c5ccccc5)c5ccc7ccc8ccccc8c7c5)cc4ccc63)c2)c2ccc3ccc4ccccc4c3c2)cc1. The van der Waals surface area contributed by atoms with Crippen molar-refractivity contribution in [2.75, 3.05) is 9.80 Å². The van der Waals surface area contributed by atoms with Crippen LogP contribution in [0.15, 0.2) is 251 Å². The van der Waals surface area contributed by atoms with Gasteiger partial charge < -0.3 is 18.6 Å². The van der Waals surface area contributed by atoms with E-state index in [9.17, 15) is 0 Å². The molecule has 0 spiro atoms. The Morgan fingerprint density at radius 1 is 0.200 bits per heavy atom. The van der Waals surface area contributed by atoms with Crippen molar-refractivity contribution < 1.29 is 8.83 Å². The van der Waals surface area contributed by atoms with E-state index in [4.69, 9.17) is 8.83 Å². The third kappa shape index (κ3) is 5.97. The van der Waals surface area contributed by atoms with Crippen LogP contribution < -0.4 is 9.80 Å². The highest BCUT2D eigenvalue weighted by atomic mass is 16.3. The van der Waals surface area contributed by atoms with Crippen LogP contribution in [0.3, 0.4) is 0 Å². The molecule has 0 radical (unpaired) electrons. The predicted molar refractivity (Wildman–Crippen MR) is 295 cm³/mol. The molecule has 4 nitrogen and oxygen atoms in total. The Bertz CT molecular complexity index is 4320. The largest absolute Gasteiger partial charge is 0.455 e. The Labute approximate surface area is 402 Å². The van der Waals surface area contributed by atoms with Crippen LogP contribution >= 0.6 is 0 Å². The number of para-hydroxylation sites is 2. The summed E-state index contributed by atoms with van der Waals surface area (Å²) in [7, 11) is 0. The van der Waals surface area contributed by atoms with Gasteiger partial charge in [0.25, 0.3) is 0 Å². The number of benzene rings is 13. The van der Waals surface area contributed by atoms with Crippen LogP contribution in [0.25, 0.3) is 109 Å². The van der Waals surface area contributed by atoms with E-state index in [1.54, 1.807) is 0 Å². The molecule has 13 aromatic carbocycles. The Morgan fingerprint density at radius 2 is 0.557 bits per heavy atom. The number of fused-ring (bicyclic) bond motifs is 16. The minimum Gasteiger partial charge on any atom is -0.455 e. The molecular formula is C66H40N2O2. The first-order chi connectivity index (χ1) is 34.7. The zero-order chi connectivity index (χ0) is 45.9. The van der Waals surface area contributed by atoms with Crippen molar-refractivity contribution in [3.63, 3.8) is 0 Å². The molecule has 0 atom stereocenters. The molecule has 15 rings (SSSR count). The summed E-state index contributed by atoms with van der Waals surface area (Å²) in [5, 5.41) is 18.6. The highest BCUT2D eigenvalue weighted by molar-refractivity contribution is 6.22. The fraction of sp³-hybridized carbons (Fsp3) is 0. The van der Waals surface area contributed by atoms with Crippen molar-refractivity contribution in [3.05, 3.63) is 243 Å². The van der Waals surface area contributed by atoms with Crippen LogP contribution in [0.5, 0.6) is 0 Å². The normalized spacial score (nSPS) is 12.0. The van der Waals surface area contributed by atoms with Crippen LogP contribution in [0.1, 0.15) is 0 Å². The van der Waals surface area contributed by atoms with E-state index >= 15 is 0 Å². The summed E-state index contributed by atoms with van der Waals surface area (Å²) in [6.07, 6.45) is 0. The molecule has 0 N–H and O–H groups in total. The lowest BCUT2D eigenvalue weighted by atomic mass is 10.0. The number of furan rings is 2. The second-order valence-corrected chi connectivity index (χ2v) is 18.5. The predicted octanol–water partition coefficient (Wildman–Crippen LogP) is 19.3. The maximum atomic E-state index is 6.81. The van der Waals surface area contributed by atoms with Gasteiger partial charge in [-0.05, 0) is 157 Å². The van der Waals surface area contributed by atoms with Gasteiger partial charge in [-0.1, -0.05) is 133 Å². The highest BCUT2D eigenvalue weighted by Gasteiger charge is 2.20. The first-order valence-corrected chi connectivity index (χ1v) is 23.9. The maximum absolute atomic E-state index is 6.81. The molecule has 0 aliphatic carbocycles. The molecule has 0 aliphatic rings. The summed E-state index contributed by atoms with van der Waals surface area (Å²) in [6.45, 7) is 0. The monoisotopic (exact) mass is 892 g/mol. The Morgan fingerprint density at radius 3 is 1.03 bits per heavy atom. The van der Waals surface area contributed by atoms with Gasteiger partial charge in [-0.15, -0.1) is 0 Å². The molecule has 70 heavy (non-hydrogen) atoms. The second kappa shape index (κ2) is 15.1. The average molecular weight is 893 g/mol. The molecule has 0 bridgehead atoms. The fourth-order valence-electron chi connectivity index (χ4n) is 11.2. The van der Waals surface area contributed by atoms with Crippen molar-refractivity contribution in [1.82, 2.24) is 0 Å². The molecule has 2 heterocycles. The van der Waals surface area contributed by atoms with Gasteiger partial charge in [0, 0.05) is 72.5 Å². The molecule has 15 aromatic rings. The maximum Gasteiger partial charge on any atom is 0.143 e. The molecule has 0 unspecified atom stereocenters. The Kier molecular flexibility index (Phi) is 8.33. The molecular weight excluding hydrogens is 853 g/mol. The summed E-state index contributed by atoms with van der Waals surface area (Å²) in [5.41, 5.74) is 9.91. The van der Waals surface area contributed by atoms with Crippen LogP contribution in [0.2, 0.25) is 0 Å². The lowest BCUT2D eigenvalue weighted by Gasteiger charge is -2.26. The number of hydrogen-bond acceptors (Lipinski definition) is 4. The third-order valence-corrected chi connectivity index (χ3v) is 14.5. The zero-order valence-corrected chi connectivity index (χ0v) is 37.8. The summed E-state index contributed by atoms with van der Waals surface area (Å²) in [4.78, 5) is 4.69. The number of anilines is 6. The number of nitrogens with zero attached hydrogens (tertiary/aromatic N) is 2. The standard InChI is InChI=1S/C66H40N2O2/c1-3-13-47(14-4-1)67(51-27-23-43-21-19-41-11-7-9-17-53(41)59(43)37-51)49-29-33-55-45(35-49)25-31-57-61-39-62-58-32-26-46-36-50(30-34-56(46)66(58)70-64(62)40-63(61)69-65(55)57)68(48-15-5-2-6-16-48)52-28-24-44-22-20-42-12-8-10-18-54(42)60(44)38-52/h1-40H. The van der Waals surface area contributed by atoms with Crippen molar-refractivity contribution in [1.29, 1.82) is 0 Å². The minimum absolute atomic E-state index is 0.806. The molecule has 0 saturated carbocycles. The zero-order valence-electron chi connectivity index (χ0n) is 37.8. The number of rotatable bonds is 6. The van der Waals surface area contributed by atoms with Gasteiger partial charge in [-0.25, -0.2) is 0 Å². The molecule has 0 aliphatic heterocycles. The van der Waals surface area contributed by atoms with Gasteiger partial charge in [-0.3, -0.25) is 0 Å². The lowest BCUT2D eigenvalue weighted by molar-refractivity contribution is 0.660. The van der Waals surface area contributed by atoms with E-state index in [2.05, 4.69) is 252 Å². The summed E-state index contributed by atoms with van der Waals surface area (Å²) < 4.78 is 13.6.